The third kappa shape index (κ3) is 1.66. The summed E-state index contributed by atoms with van der Waals surface area (Å²) in [7, 11) is 0. The quantitative estimate of drug-likeness (QED) is 0.669. The van der Waals surface area contributed by atoms with Crippen LogP contribution >= 0.6 is 0 Å². The summed E-state index contributed by atoms with van der Waals surface area (Å²) in [4.78, 5) is 0. The maximum absolute atomic E-state index is 2.70. The molecule has 0 aromatic heterocycles. The Morgan fingerprint density at radius 1 is 0.750 bits per heavy atom. The Morgan fingerprint density at radius 3 is 1.31 bits per heavy atom. The molecule has 0 unspecified atom stereocenters. The molecule has 16 heavy (non-hydrogen) atoms. The summed E-state index contributed by atoms with van der Waals surface area (Å²) in [5, 5.41) is 0. The monoisotopic (exact) mass is 309 g/mol. The predicted octanol–water partition coefficient (Wildman–Crippen LogP) is 4.58. The molecule has 0 saturated heterocycles. The molecule has 0 amide bonds. The van der Waals surface area contributed by atoms with Gasteiger partial charge in [0, 0.05) is 0 Å². The first kappa shape index (κ1) is 12.5. The molecule has 0 spiro atoms. The van der Waals surface area contributed by atoms with E-state index in [0.717, 1.165) is 7.25 Å². The van der Waals surface area contributed by atoms with Crippen LogP contribution in [-0.2, 0) is 17.9 Å². The summed E-state index contributed by atoms with van der Waals surface area (Å²) in [6.45, 7) is 5.15. The standard InChI is InChI=1S/2C5H5.C2H7Si.2CH3.Zr/c2*1-2-4-5-3-1;1-3-2;;;/h2*1-5H;3H,1-2H3;2*1H3;. The molecule has 0 N–H and O–H groups in total. The van der Waals surface area contributed by atoms with Crippen molar-refractivity contribution in [3.63, 3.8) is 0 Å². The molecule has 2 heteroatoms. The number of hydrogen-bond acceptors (Lipinski definition) is 0. The van der Waals surface area contributed by atoms with E-state index in [2.05, 4.69) is 71.0 Å². The summed E-state index contributed by atoms with van der Waals surface area (Å²) in [6, 6.07) is 0. The van der Waals surface area contributed by atoms with Crippen molar-refractivity contribution in [3.05, 3.63) is 48.6 Å². The van der Waals surface area contributed by atoms with Crippen LogP contribution in [0.15, 0.2) is 48.6 Å². The SMILES string of the molecule is C[SiH](C)[Zr]([CH3])([CH3])([CH]1C=CC=C1)[CH]1C=CC=C1. The third-order valence-corrected chi connectivity index (χ3v) is 52.7. The van der Waals surface area contributed by atoms with Gasteiger partial charge in [-0.15, -0.1) is 0 Å². The Hall–Kier alpha value is 0.0600. The number of allylic oxidation sites excluding steroid dienone is 8. The molecule has 0 atom stereocenters. The van der Waals surface area contributed by atoms with Crippen LogP contribution in [0.3, 0.4) is 0 Å². The van der Waals surface area contributed by atoms with Gasteiger partial charge in [0.15, 0.2) is 0 Å². The summed E-state index contributed by atoms with van der Waals surface area (Å²) < 4.78 is 7.00. The molecule has 0 saturated carbocycles. The molecule has 0 fully saturated rings. The van der Waals surface area contributed by atoms with Crippen LogP contribution in [0.4, 0.5) is 0 Å². The van der Waals surface area contributed by atoms with Gasteiger partial charge in [0.2, 0.25) is 0 Å². The van der Waals surface area contributed by atoms with Crippen LogP contribution in [0.5, 0.6) is 0 Å². The first-order valence-corrected chi connectivity index (χ1v) is 21.3. The first-order valence-electron chi connectivity index (χ1n) is 6.35. The molecule has 2 rings (SSSR count). The Morgan fingerprint density at radius 2 is 1.06 bits per heavy atom. The van der Waals surface area contributed by atoms with Crippen molar-refractivity contribution in [1.82, 2.24) is 0 Å². The number of hydrogen-bond donors (Lipinski definition) is 0. The molecule has 0 radical (unpaired) electrons. The van der Waals surface area contributed by atoms with E-state index >= 15 is 0 Å². The van der Waals surface area contributed by atoms with Crippen molar-refractivity contribution in [2.75, 3.05) is 0 Å². The van der Waals surface area contributed by atoms with Gasteiger partial charge in [0.1, 0.15) is 0 Å². The van der Waals surface area contributed by atoms with E-state index < -0.39 is 23.9 Å². The van der Waals surface area contributed by atoms with E-state index in [1.165, 1.54) is 0 Å². The van der Waals surface area contributed by atoms with Crippen molar-refractivity contribution in [1.29, 1.82) is 0 Å². The molecule has 0 bridgehead atoms. The van der Waals surface area contributed by atoms with Crippen LogP contribution in [-0.4, -0.2) is 5.92 Å². The van der Waals surface area contributed by atoms with Crippen LogP contribution in [0.2, 0.25) is 29.6 Å². The first-order chi connectivity index (χ1) is 7.46. The molecule has 0 nitrogen and oxygen atoms in total. The fraction of sp³-hybridized carbons (Fsp3) is 0.429. The average molecular weight is 311 g/mol. The van der Waals surface area contributed by atoms with Crippen molar-refractivity contribution in [2.24, 2.45) is 0 Å². The van der Waals surface area contributed by atoms with Gasteiger partial charge in [-0.1, -0.05) is 0 Å². The minimum atomic E-state index is -2.66. The van der Waals surface area contributed by atoms with Gasteiger partial charge >= 0.3 is 102 Å². The predicted molar refractivity (Wildman–Crippen MR) is 74.7 cm³/mol. The van der Waals surface area contributed by atoms with E-state index in [9.17, 15) is 0 Å². The molecule has 0 aromatic rings. The van der Waals surface area contributed by atoms with Crippen LogP contribution in [0.25, 0.3) is 0 Å². The normalized spacial score (nSPS) is 23.4. The van der Waals surface area contributed by atoms with E-state index in [0.29, 0.717) is 0 Å². The van der Waals surface area contributed by atoms with Crippen molar-refractivity contribution < 1.29 is 17.9 Å². The van der Waals surface area contributed by atoms with E-state index in [4.69, 9.17) is 0 Å². The topological polar surface area (TPSA) is 0 Å². The summed E-state index contributed by atoms with van der Waals surface area (Å²) in [5.74, 6) is -0.617. The van der Waals surface area contributed by atoms with Crippen LogP contribution in [0.1, 0.15) is 0 Å². The second-order valence-electron chi connectivity index (χ2n) is 6.48. The van der Waals surface area contributed by atoms with Gasteiger partial charge in [-0.3, -0.25) is 0 Å². The van der Waals surface area contributed by atoms with E-state index in [1.807, 2.05) is 0 Å². The van der Waals surface area contributed by atoms with Crippen LogP contribution < -0.4 is 0 Å². The Balaban J connectivity index is 2.47. The van der Waals surface area contributed by atoms with Gasteiger partial charge in [0.25, 0.3) is 0 Å². The third-order valence-electron chi connectivity index (χ3n) is 5.42. The molecule has 0 heterocycles. The Kier molecular flexibility index (Phi) is 3.18. The molecule has 0 aromatic carbocycles. The maximum atomic E-state index is 2.70. The second kappa shape index (κ2) is 4.07. The Labute approximate surface area is 102 Å². The zero-order chi connectivity index (χ0) is 11.8. The zero-order valence-corrected chi connectivity index (χ0v) is 14.5. The fourth-order valence-electron chi connectivity index (χ4n) is 3.07. The molecule has 0 aliphatic heterocycles. The molecular weight excluding hydrogens is 287 g/mol. The summed E-state index contributed by atoms with van der Waals surface area (Å²) in [5.41, 5.74) is 0. The molecule has 2 aliphatic carbocycles. The second-order valence-corrected chi connectivity index (χ2v) is 44.8. The summed E-state index contributed by atoms with van der Waals surface area (Å²) >= 11 is -2.66. The minimum absolute atomic E-state index is 0.617. The van der Waals surface area contributed by atoms with Crippen molar-refractivity contribution >= 4 is 5.92 Å². The van der Waals surface area contributed by atoms with E-state index in [-0.39, 0.29) is 0 Å². The molecule has 87 valence electrons. The van der Waals surface area contributed by atoms with Gasteiger partial charge < -0.3 is 0 Å². The molecular formula is C14H23SiZr. The van der Waals surface area contributed by atoms with Crippen LogP contribution in [0, 0.1) is 0 Å². The zero-order valence-electron chi connectivity index (χ0n) is 10.9. The van der Waals surface area contributed by atoms with Gasteiger partial charge in [-0.2, -0.15) is 0 Å². The summed E-state index contributed by atoms with van der Waals surface area (Å²) in [6.07, 6.45) is 18.9. The van der Waals surface area contributed by atoms with Gasteiger partial charge in [-0.05, 0) is 0 Å². The fourth-order valence-corrected chi connectivity index (χ4v) is 26.7. The van der Waals surface area contributed by atoms with E-state index in [1.54, 1.807) is 0 Å². The van der Waals surface area contributed by atoms with Gasteiger partial charge in [0.05, 0.1) is 0 Å². The average Bonchev–Trinajstić information content (AvgIpc) is 2.92. The van der Waals surface area contributed by atoms with Gasteiger partial charge in [-0.25, -0.2) is 0 Å². The molecule has 2 aliphatic rings. The number of rotatable bonds is 3. The van der Waals surface area contributed by atoms with Crippen molar-refractivity contribution in [3.8, 4) is 0 Å². The Bertz CT molecular complexity index is 343. The van der Waals surface area contributed by atoms with Crippen molar-refractivity contribution in [2.45, 2.75) is 29.6 Å².